The van der Waals surface area contributed by atoms with Crippen LogP contribution in [0, 0.1) is 0 Å². The minimum Gasteiger partial charge on any atom is -0.521 e. The van der Waals surface area contributed by atoms with Gasteiger partial charge in [-0.25, -0.2) is 4.98 Å². The van der Waals surface area contributed by atoms with E-state index in [0.717, 1.165) is 6.42 Å². The van der Waals surface area contributed by atoms with Crippen molar-refractivity contribution in [2.75, 3.05) is 6.54 Å². The van der Waals surface area contributed by atoms with Crippen molar-refractivity contribution in [3.8, 4) is 0 Å². The van der Waals surface area contributed by atoms with Crippen LogP contribution in [0.1, 0.15) is 30.3 Å². The van der Waals surface area contributed by atoms with Crippen LogP contribution in [0.15, 0.2) is 18.6 Å². The average molecular weight is 509 g/mol. The second-order valence-electron chi connectivity index (χ2n) is 3.11. The van der Waals surface area contributed by atoms with Crippen LogP contribution < -0.4 is 5.32 Å². The van der Waals surface area contributed by atoms with E-state index in [1.54, 1.807) is 6.20 Å². The van der Waals surface area contributed by atoms with Crippen molar-refractivity contribution in [3.63, 3.8) is 0 Å². The summed E-state index contributed by atoms with van der Waals surface area (Å²) in [5, 5.41) is 9.65. The van der Waals surface area contributed by atoms with Gasteiger partial charge in [-0.15, -0.1) is 0 Å². The Balaban J connectivity index is 0. The monoisotopic (exact) mass is 509 g/mol. The summed E-state index contributed by atoms with van der Waals surface area (Å²) in [6, 6.07) is 0. The van der Waals surface area contributed by atoms with Gasteiger partial charge in [0.05, 0.1) is 12.7 Å². The molecule has 0 radical (unpaired) electrons. The number of nitrogens with zero attached hydrogens (tertiary/aromatic N) is 2. The molecule has 19 heavy (non-hydrogen) atoms. The number of aromatic nitrogens is 2. The van der Waals surface area contributed by atoms with E-state index in [-0.39, 0.29) is 12.3 Å². The van der Waals surface area contributed by atoms with Crippen molar-refractivity contribution in [2.24, 2.45) is 0 Å². The number of carboxylic acid groups (broad SMARTS) is 1. The van der Waals surface area contributed by atoms with Crippen molar-refractivity contribution < 1.29 is 19.5 Å². The number of hydrogen-bond donors (Lipinski definition) is 2. The Morgan fingerprint density at radius 1 is 1.42 bits per heavy atom. The average Bonchev–Trinajstić information content (AvgIpc) is 2.38. The van der Waals surface area contributed by atoms with Crippen LogP contribution >= 0.6 is 0 Å². The SMILES string of the molecule is CCCC(=O)c1cnccn1.O=[C-]NCC(=O)O.[Fm]. The molecular formula is C11H14FmN3O4-. The van der Waals surface area contributed by atoms with Crippen LogP contribution in [0.4, 0.5) is 0 Å². The maximum Gasteiger partial charge on any atom is 0.320 e. The Labute approximate surface area is 104 Å². The summed E-state index contributed by atoms with van der Waals surface area (Å²) < 4.78 is 0. The molecule has 1 rings (SSSR count). The fraction of sp³-hybridized carbons (Fsp3) is 0.364. The molecular weight excluding hydrogens is 495 g/mol. The minimum atomic E-state index is -1.07. The second-order valence-corrected chi connectivity index (χ2v) is 3.11. The Kier molecular flexibility index (Phi) is 10.6. The zero-order valence-electron chi connectivity index (χ0n) is 10.2. The van der Waals surface area contributed by atoms with Gasteiger partial charge in [-0.2, -0.15) is 6.41 Å². The Hall–Kier alpha value is -3.31. The number of carbonyl (C=O) groups excluding carboxylic acids is 2. The molecule has 1 aromatic rings. The summed E-state index contributed by atoms with van der Waals surface area (Å²) in [5.74, 6) is -0.996. The predicted molar refractivity (Wildman–Crippen MR) is 62.6 cm³/mol. The number of amides is 1. The normalized spacial score (nSPS) is 8.26. The first kappa shape index (κ1) is 18.1. The summed E-state index contributed by atoms with van der Waals surface area (Å²) in [7, 11) is 0. The van der Waals surface area contributed by atoms with Gasteiger partial charge in [0.25, 0.3) is 0 Å². The maximum atomic E-state index is 11.1. The van der Waals surface area contributed by atoms with Gasteiger partial charge in [0, 0.05) is 18.8 Å². The first-order valence-corrected chi connectivity index (χ1v) is 5.22. The van der Waals surface area contributed by atoms with Gasteiger partial charge in [-0.3, -0.25) is 14.6 Å². The van der Waals surface area contributed by atoms with Crippen LogP contribution in [0.5, 0.6) is 0 Å². The van der Waals surface area contributed by atoms with E-state index in [4.69, 9.17) is 5.11 Å². The quantitative estimate of drug-likeness (QED) is 0.322. The van der Waals surface area contributed by atoms with Gasteiger partial charge in [0.2, 0.25) is 0 Å². The number of rotatable bonds is 6. The number of carbonyl (C=O) groups is 2. The summed E-state index contributed by atoms with van der Waals surface area (Å²) in [4.78, 5) is 37.6. The number of aliphatic carboxylic acids is 1. The molecule has 0 aromatic carbocycles. The smallest absolute Gasteiger partial charge is 0.320 e. The fourth-order valence-corrected chi connectivity index (χ4v) is 0.910. The zero-order chi connectivity index (χ0) is 13.8. The van der Waals surface area contributed by atoms with Gasteiger partial charge in [-0.1, -0.05) is 6.92 Å². The van der Waals surface area contributed by atoms with Crippen molar-refractivity contribution in [1.29, 1.82) is 0 Å². The Morgan fingerprint density at radius 2 is 2.11 bits per heavy atom. The summed E-state index contributed by atoms with van der Waals surface area (Å²) in [5.41, 5.74) is 0.467. The van der Waals surface area contributed by atoms with Crippen LogP contribution in [0.25, 0.3) is 0 Å². The van der Waals surface area contributed by atoms with Crippen LogP contribution in [0.3, 0.4) is 0 Å². The van der Waals surface area contributed by atoms with Gasteiger partial charge in [-0.05, 0) is 6.42 Å². The Morgan fingerprint density at radius 3 is 2.47 bits per heavy atom. The first-order valence-electron chi connectivity index (χ1n) is 5.22. The molecule has 7 nitrogen and oxygen atoms in total. The van der Waals surface area contributed by atoms with Gasteiger partial charge < -0.3 is 15.2 Å². The fourth-order valence-electron chi connectivity index (χ4n) is 0.910. The molecule has 8 heteroatoms. The van der Waals surface area contributed by atoms with E-state index in [2.05, 4.69) is 9.97 Å². The minimum absolute atomic E-state index is 0. The number of Topliss-reactive ketones (excluding diaryl/α,β-unsaturated/α-hetero) is 1. The van der Waals surface area contributed by atoms with E-state index in [9.17, 15) is 14.4 Å². The first-order chi connectivity index (χ1) is 8.61. The largest absolute Gasteiger partial charge is 0.521 e. The summed E-state index contributed by atoms with van der Waals surface area (Å²) in [6.45, 7) is 1.61. The molecule has 0 saturated heterocycles. The molecule has 0 aliphatic rings. The van der Waals surface area contributed by atoms with E-state index in [1.165, 1.54) is 18.8 Å². The third kappa shape index (κ3) is 9.61. The molecule has 0 aliphatic carbocycles. The molecule has 110 valence electrons. The molecule has 0 atom stereocenters. The second kappa shape index (κ2) is 11.2. The van der Waals surface area contributed by atoms with E-state index in [1.807, 2.05) is 12.2 Å². The topological polar surface area (TPSA) is 109 Å². The number of hydrogen-bond acceptors (Lipinski definition) is 5. The molecule has 0 aliphatic heterocycles. The van der Waals surface area contributed by atoms with Crippen molar-refractivity contribution in [1.82, 2.24) is 15.3 Å². The number of carboxylic acids is 1. The predicted octanol–water partition coefficient (Wildman–Crippen LogP) is 0.187. The van der Waals surface area contributed by atoms with E-state index in [0.29, 0.717) is 12.1 Å². The molecule has 0 spiro atoms. The van der Waals surface area contributed by atoms with Crippen molar-refractivity contribution in [3.05, 3.63) is 24.3 Å². The van der Waals surface area contributed by atoms with Crippen LogP contribution in [0.2, 0.25) is 0 Å². The summed E-state index contributed by atoms with van der Waals surface area (Å²) >= 11 is 0. The number of nitrogens with one attached hydrogen (secondary N) is 1. The van der Waals surface area contributed by atoms with Crippen LogP contribution in [-0.2, 0) is 9.59 Å². The standard InChI is InChI=1S/C8H10N2O.C3H4NO3.Fm/c1-2-3-8(11)7-6-9-4-5-10-7;5-2-4-1-3(6)7;/h4-6H,2-3H2,1H3;1H2,(H,4,5)(H,6,7);/q;-1;. The van der Waals surface area contributed by atoms with Crippen molar-refractivity contribution >= 4 is 18.2 Å². The van der Waals surface area contributed by atoms with Gasteiger partial charge in [0.1, 0.15) is 5.69 Å². The number of ketones is 1. The maximum absolute atomic E-state index is 11.1. The van der Waals surface area contributed by atoms with Crippen molar-refractivity contribution in [2.45, 2.75) is 19.8 Å². The molecule has 1 heterocycles. The van der Waals surface area contributed by atoms with Gasteiger partial charge in [0.15, 0.2) is 5.78 Å². The summed E-state index contributed by atoms with van der Waals surface area (Å²) in [6.07, 6.45) is 7.22. The molecule has 1 amide bonds. The molecule has 1 aromatic heterocycles. The van der Waals surface area contributed by atoms with Crippen LogP contribution in [-0.4, -0.2) is 39.8 Å². The van der Waals surface area contributed by atoms with E-state index < -0.39 is 5.97 Å². The molecule has 0 saturated carbocycles. The zero-order valence-corrected chi connectivity index (χ0v) is 12.6. The third-order valence-electron chi connectivity index (χ3n) is 1.64. The third-order valence-corrected chi connectivity index (χ3v) is 1.64. The van der Waals surface area contributed by atoms with Gasteiger partial charge >= 0.3 is 5.97 Å². The Bertz CT molecular complexity index is 387. The molecule has 0 bridgehead atoms. The molecule has 0 unspecified atom stereocenters. The van der Waals surface area contributed by atoms with E-state index >= 15 is 0 Å². The molecule has 0 fully saturated rings. The molecule has 2 N–H and O–H groups in total.